The quantitative estimate of drug-likeness (QED) is 0.518. The summed E-state index contributed by atoms with van der Waals surface area (Å²) in [6.07, 6.45) is 2.12. The van der Waals surface area contributed by atoms with E-state index >= 15 is 0 Å². The second-order valence-corrected chi connectivity index (χ2v) is 2.93. The van der Waals surface area contributed by atoms with Crippen molar-refractivity contribution < 1.29 is 9.21 Å². The van der Waals surface area contributed by atoms with E-state index in [2.05, 4.69) is 11.8 Å². The molecular formula is C13H8O2. The molecule has 2 rings (SSSR count). The lowest BCUT2D eigenvalue weighted by molar-refractivity contribution is 0.110. The molecule has 0 radical (unpaired) electrons. The van der Waals surface area contributed by atoms with Gasteiger partial charge in [-0.05, 0) is 18.2 Å². The van der Waals surface area contributed by atoms with Crippen LogP contribution >= 0.6 is 0 Å². The van der Waals surface area contributed by atoms with E-state index in [1.165, 1.54) is 6.26 Å². The van der Waals surface area contributed by atoms with Crippen molar-refractivity contribution in [3.63, 3.8) is 0 Å². The average molecular weight is 196 g/mol. The van der Waals surface area contributed by atoms with Gasteiger partial charge in [0.25, 0.3) is 0 Å². The van der Waals surface area contributed by atoms with Gasteiger partial charge in [0.2, 0.25) is 0 Å². The van der Waals surface area contributed by atoms with E-state index in [9.17, 15) is 4.79 Å². The number of aldehydes is 1. The van der Waals surface area contributed by atoms with Crippen LogP contribution in [0.2, 0.25) is 0 Å². The third kappa shape index (κ3) is 2.15. The van der Waals surface area contributed by atoms with Crippen LogP contribution in [0.25, 0.3) is 0 Å². The third-order valence-electron chi connectivity index (χ3n) is 1.92. The number of hydrogen-bond donors (Lipinski definition) is 0. The Balaban J connectivity index is 2.30. The van der Waals surface area contributed by atoms with Crippen molar-refractivity contribution in [3.8, 4) is 11.8 Å². The molecule has 72 valence electrons. The molecule has 0 atom stereocenters. The van der Waals surface area contributed by atoms with E-state index in [1.807, 2.05) is 30.3 Å². The predicted octanol–water partition coefficient (Wildman–Crippen LogP) is 2.49. The van der Waals surface area contributed by atoms with Crippen molar-refractivity contribution >= 4 is 6.29 Å². The van der Waals surface area contributed by atoms with Crippen molar-refractivity contribution in [1.82, 2.24) is 0 Å². The minimum atomic E-state index is 0.276. The summed E-state index contributed by atoms with van der Waals surface area (Å²) in [5, 5.41) is 0. The maximum atomic E-state index is 10.5. The van der Waals surface area contributed by atoms with Crippen LogP contribution in [0.15, 0.2) is 47.1 Å². The van der Waals surface area contributed by atoms with Crippen molar-refractivity contribution in [2.75, 3.05) is 0 Å². The van der Waals surface area contributed by atoms with Gasteiger partial charge in [-0.2, -0.15) is 0 Å². The van der Waals surface area contributed by atoms with Gasteiger partial charge in [0.1, 0.15) is 0 Å². The van der Waals surface area contributed by atoms with Gasteiger partial charge < -0.3 is 4.42 Å². The molecule has 0 aliphatic heterocycles. The van der Waals surface area contributed by atoms with E-state index in [0.717, 1.165) is 5.56 Å². The summed E-state index contributed by atoms with van der Waals surface area (Å²) < 4.78 is 4.93. The second kappa shape index (κ2) is 4.30. The zero-order valence-corrected chi connectivity index (χ0v) is 7.94. The fourth-order valence-electron chi connectivity index (χ4n) is 1.18. The molecule has 0 amide bonds. The van der Waals surface area contributed by atoms with Crippen LogP contribution in [0.1, 0.15) is 21.7 Å². The minimum Gasteiger partial charge on any atom is -0.460 e. The van der Waals surface area contributed by atoms with E-state index in [4.69, 9.17) is 4.42 Å². The van der Waals surface area contributed by atoms with Crippen LogP contribution in [0.4, 0.5) is 0 Å². The monoisotopic (exact) mass is 196 g/mol. The summed E-state index contributed by atoms with van der Waals surface area (Å²) in [5.41, 5.74) is 1.53. The molecule has 0 fully saturated rings. The van der Waals surface area contributed by atoms with Crippen LogP contribution in [-0.2, 0) is 0 Å². The highest BCUT2D eigenvalue weighted by atomic mass is 16.3. The maximum Gasteiger partial charge on any atom is 0.186 e. The standard InChI is InChI=1S/C13H8O2/c14-10-13-12(8-9-15-13)7-6-11-4-2-1-3-5-11/h1-5,8-10H. The topological polar surface area (TPSA) is 30.2 Å². The molecule has 0 aliphatic rings. The Kier molecular flexibility index (Phi) is 2.66. The lowest BCUT2D eigenvalue weighted by Gasteiger charge is -1.86. The molecule has 0 saturated carbocycles. The number of hydrogen-bond acceptors (Lipinski definition) is 2. The lowest BCUT2D eigenvalue weighted by Crippen LogP contribution is -1.79. The summed E-state index contributed by atoms with van der Waals surface area (Å²) in [6, 6.07) is 11.3. The first-order valence-corrected chi connectivity index (χ1v) is 4.50. The van der Waals surface area contributed by atoms with Crippen molar-refractivity contribution in [3.05, 3.63) is 59.5 Å². The molecule has 0 aliphatic carbocycles. The number of carbonyl (C=O) groups is 1. The van der Waals surface area contributed by atoms with Gasteiger partial charge in [-0.15, -0.1) is 0 Å². The Morgan fingerprint density at radius 2 is 1.87 bits per heavy atom. The number of rotatable bonds is 1. The molecule has 15 heavy (non-hydrogen) atoms. The Bertz CT molecular complexity index is 512. The van der Waals surface area contributed by atoms with E-state index in [-0.39, 0.29) is 5.76 Å². The first-order chi connectivity index (χ1) is 7.40. The summed E-state index contributed by atoms with van der Waals surface area (Å²) in [4.78, 5) is 10.5. The fraction of sp³-hybridized carbons (Fsp3) is 0. The lowest BCUT2D eigenvalue weighted by atomic mass is 10.2. The molecular weight excluding hydrogens is 188 g/mol. The maximum absolute atomic E-state index is 10.5. The largest absolute Gasteiger partial charge is 0.460 e. The molecule has 0 unspecified atom stereocenters. The number of carbonyl (C=O) groups excluding carboxylic acids is 1. The van der Waals surface area contributed by atoms with E-state index < -0.39 is 0 Å². The normalized spacial score (nSPS) is 9.07. The molecule has 0 spiro atoms. The van der Waals surface area contributed by atoms with Gasteiger partial charge in [0.15, 0.2) is 12.0 Å². The molecule has 0 saturated heterocycles. The van der Waals surface area contributed by atoms with Crippen LogP contribution in [0.5, 0.6) is 0 Å². The second-order valence-electron chi connectivity index (χ2n) is 2.93. The fourth-order valence-corrected chi connectivity index (χ4v) is 1.18. The number of benzene rings is 1. The van der Waals surface area contributed by atoms with Crippen LogP contribution in [-0.4, -0.2) is 6.29 Å². The average Bonchev–Trinajstić information content (AvgIpc) is 2.75. The summed E-state index contributed by atoms with van der Waals surface area (Å²) in [5.74, 6) is 6.11. The molecule has 2 aromatic rings. The first kappa shape index (κ1) is 9.29. The van der Waals surface area contributed by atoms with Crippen LogP contribution < -0.4 is 0 Å². The molecule has 1 heterocycles. The van der Waals surface area contributed by atoms with Gasteiger partial charge in [-0.25, -0.2) is 0 Å². The molecule has 1 aromatic carbocycles. The first-order valence-electron chi connectivity index (χ1n) is 4.50. The zero-order chi connectivity index (χ0) is 10.5. The zero-order valence-electron chi connectivity index (χ0n) is 7.94. The van der Waals surface area contributed by atoms with Crippen molar-refractivity contribution in [1.29, 1.82) is 0 Å². The third-order valence-corrected chi connectivity index (χ3v) is 1.92. The Labute approximate surface area is 87.5 Å². The van der Waals surface area contributed by atoms with Crippen molar-refractivity contribution in [2.45, 2.75) is 0 Å². The van der Waals surface area contributed by atoms with Crippen LogP contribution in [0, 0.1) is 11.8 Å². The molecule has 0 bridgehead atoms. The summed E-state index contributed by atoms with van der Waals surface area (Å²) in [7, 11) is 0. The minimum absolute atomic E-state index is 0.276. The Morgan fingerprint density at radius 1 is 1.07 bits per heavy atom. The van der Waals surface area contributed by atoms with Gasteiger partial charge in [0.05, 0.1) is 11.8 Å². The molecule has 2 heteroatoms. The Hall–Kier alpha value is -2.27. The molecule has 1 aromatic heterocycles. The van der Waals surface area contributed by atoms with Gasteiger partial charge in [-0.3, -0.25) is 4.79 Å². The highest BCUT2D eigenvalue weighted by molar-refractivity contribution is 5.75. The smallest absolute Gasteiger partial charge is 0.186 e. The highest BCUT2D eigenvalue weighted by Crippen LogP contribution is 2.06. The van der Waals surface area contributed by atoms with Gasteiger partial charge in [0, 0.05) is 5.56 Å². The van der Waals surface area contributed by atoms with Crippen molar-refractivity contribution in [2.24, 2.45) is 0 Å². The SMILES string of the molecule is O=Cc1occc1C#Cc1ccccc1. The van der Waals surface area contributed by atoms with E-state index in [0.29, 0.717) is 11.8 Å². The van der Waals surface area contributed by atoms with Gasteiger partial charge in [-0.1, -0.05) is 30.0 Å². The molecule has 0 N–H and O–H groups in total. The van der Waals surface area contributed by atoms with Crippen LogP contribution in [0.3, 0.4) is 0 Å². The Morgan fingerprint density at radius 3 is 2.60 bits per heavy atom. The summed E-state index contributed by atoms with van der Waals surface area (Å²) in [6.45, 7) is 0. The van der Waals surface area contributed by atoms with Gasteiger partial charge >= 0.3 is 0 Å². The predicted molar refractivity (Wildman–Crippen MR) is 56.5 cm³/mol. The number of furan rings is 1. The molecule has 2 nitrogen and oxygen atoms in total. The van der Waals surface area contributed by atoms with E-state index in [1.54, 1.807) is 6.07 Å². The highest BCUT2D eigenvalue weighted by Gasteiger charge is 2.00. The summed E-state index contributed by atoms with van der Waals surface area (Å²) >= 11 is 0.